The summed E-state index contributed by atoms with van der Waals surface area (Å²) in [6, 6.07) is 9.54. The number of aliphatic hydroxyl groups excluding tert-OH is 1. The summed E-state index contributed by atoms with van der Waals surface area (Å²) in [4.78, 5) is 0. The topological polar surface area (TPSA) is 33.4 Å². The second-order valence-corrected chi connectivity index (χ2v) is 3.45. The summed E-state index contributed by atoms with van der Waals surface area (Å²) in [5.41, 5.74) is 0.798. The highest BCUT2D eigenvalue weighted by Gasteiger charge is 2.11. The van der Waals surface area contributed by atoms with Crippen molar-refractivity contribution in [3.8, 4) is 12.3 Å². The van der Waals surface area contributed by atoms with Gasteiger partial charge in [-0.05, 0) is 18.6 Å². The van der Waals surface area contributed by atoms with Crippen molar-refractivity contribution in [1.82, 2.24) is 0 Å². The summed E-state index contributed by atoms with van der Waals surface area (Å²) >= 11 is 0. The van der Waals surface area contributed by atoms with Crippen LogP contribution in [0, 0.1) is 12.3 Å². The minimum Gasteiger partial charge on any atom is -0.458 e. The number of furan rings is 1. The lowest BCUT2D eigenvalue weighted by molar-refractivity contribution is 0.144. The van der Waals surface area contributed by atoms with Gasteiger partial charge in [0, 0.05) is 11.8 Å². The molecule has 1 unspecified atom stereocenters. The van der Waals surface area contributed by atoms with Crippen molar-refractivity contribution < 1.29 is 9.52 Å². The highest BCUT2D eigenvalue weighted by Crippen LogP contribution is 2.25. The quantitative estimate of drug-likeness (QED) is 0.773. The Labute approximate surface area is 88.5 Å². The van der Waals surface area contributed by atoms with E-state index >= 15 is 0 Å². The van der Waals surface area contributed by atoms with Gasteiger partial charge >= 0.3 is 0 Å². The maximum atomic E-state index is 9.76. The van der Waals surface area contributed by atoms with Gasteiger partial charge in [0.1, 0.15) is 17.4 Å². The molecule has 0 saturated carbocycles. The largest absolute Gasteiger partial charge is 0.458 e. The van der Waals surface area contributed by atoms with Gasteiger partial charge in [0.15, 0.2) is 0 Å². The number of terminal acetylenes is 1. The van der Waals surface area contributed by atoms with E-state index < -0.39 is 6.10 Å². The summed E-state index contributed by atoms with van der Waals surface area (Å²) in [6.45, 7) is 0. The minimum atomic E-state index is -0.603. The smallest absolute Gasteiger partial charge is 0.134 e. The van der Waals surface area contributed by atoms with Crippen LogP contribution in [-0.2, 0) is 0 Å². The SMILES string of the molecule is C#CCCC(O)c1cc2ccccc2o1. The Morgan fingerprint density at radius 3 is 2.93 bits per heavy atom. The van der Waals surface area contributed by atoms with Crippen LogP contribution < -0.4 is 0 Å². The molecular weight excluding hydrogens is 188 g/mol. The highest BCUT2D eigenvalue weighted by molar-refractivity contribution is 5.77. The van der Waals surface area contributed by atoms with Gasteiger partial charge < -0.3 is 9.52 Å². The maximum absolute atomic E-state index is 9.76. The molecule has 1 heterocycles. The predicted octanol–water partition coefficient (Wildman–Crippen LogP) is 2.88. The fourth-order valence-corrected chi connectivity index (χ4v) is 1.53. The molecule has 1 aromatic heterocycles. The third-order valence-corrected chi connectivity index (χ3v) is 2.34. The van der Waals surface area contributed by atoms with Crippen molar-refractivity contribution in [2.75, 3.05) is 0 Å². The van der Waals surface area contributed by atoms with Gasteiger partial charge in [-0.25, -0.2) is 0 Å². The van der Waals surface area contributed by atoms with Crippen molar-refractivity contribution in [2.24, 2.45) is 0 Å². The Bertz CT molecular complexity index is 457. The molecule has 1 N–H and O–H groups in total. The normalized spacial score (nSPS) is 12.5. The Morgan fingerprint density at radius 1 is 1.40 bits per heavy atom. The monoisotopic (exact) mass is 200 g/mol. The molecule has 0 aliphatic carbocycles. The lowest BCUT2D eigenvalue weighted by Crippen LogP contribution is -1.93. The fourth-order valence-electron chi connectivity index (χ4n) is 1.53. The molecule has 1 atom stereocenters. The van der Waals surface area contributed by atoms with Gasteiger partial charge in [0.25, 0.3) is 0 Å². The second kappa shape index (κ2) is 4.20. The van der Waals surface area contributed by atoms with Crippen LogP contribution in [0.15, 0.2) is 34.7 Å². The number of hydrogen-bond acceptors (Lipinski definition) is 2. The van der Waals surface area contributed by atoms with Gasteiger partial charge in [-0.3, -0.25) is 0 Å². The number of benzene rings is 1. The number of para-hydroxylation sites is 1. The molecule has 0 aliphatic rings. The first-order valence-electron chi connectivity index (χ1n) is 4.91. The molecule has 0 bridgehead atoms. The molecule has 0 amide bonds. The zero-order chi connectivity index (χ0) is 10.7. The standard InChI is InChI=1S/C13H12O2/c1-2-3-7-11(14)13-9-10-6-4-5-8-12(10)15-13/h1,4-6,8-9,11,14H,3,7H2. The molecule has 2 nitrogen and oxygen atoms in total. The minimum absolute atomic E-state index is 0.538. The molecule has 2 aromatic rings. The van der Waals surface area contributed by atoms with E-state index in [2.05, 4.69) is 5.92 Å². The van der Waals surface area contributed by atoms with Crippen molar-refractivity contribution in [1.29, 1.82) is 0 Å². The molecule has 0 fully saturated rings. The van der Waals surface area contributed by atoms with E-state index in [1.54, 1.807) is 0 Å². The first-order chi connectivity index (χ1) is 7.31. The molecule has 0 spiro atoms. The van der Waals surface area contributed by atoms with Crippen LogP contribution in [0.4, 0.5) is 0 Å². The zero-order valence-corrected chi connectivity index (χ0v) is 8.31. The fraction of sp³-hybridized carbons (Fsp3) is 0.231. The maximum Gasteiger partial charge on any atom is 0.134 e. The van der Waals surface area contributed by atoms with Gasteiger partial charge in [0.05, 0.1) is 0 Å². The van der Waals surface area contributed by atoms with E-state index in [1.807, 2.05) is 30.3 Å². The first kappa shape index (κ1) is 9.82. The van der Waals surface area contributed by atoms with Crippen LogP contribution in [-0.4, -0.2) is 5.11 Å². The Balaban J connectivity index is 2.25. The molecular formula is C13H12O2. The number of rotatable bonds is 3. The van der Waals surface area contributed by atoms with Crippen LogP contribution in [0.25, 0.3) is 11.0 Å². The average molecular weight is 200 g/mol. The molecule has 2 rings (SSSR count). The third kappa shape index (κ3) is 2.03. The molecule has 76 valence electrons. The lowest BCUT2D eigenvalue weighted by Gasteiger charge is -2.03. The number of aliphatic hydroxyl groups is 1. The van der Waals surface area contributed by atoms with E-state index in [-0.39, 0.29) is 0 Å². The van der Waals surface area contributed by atoms with E-state index in [4.69, 9.17) is 10.8 Å². The van der Waals surface area contributed by atoms with E-state index in [1.165, 1.54) is 0 Å². The number of hydrogen-bond donors (Lipinski definition) is 1. The Kier molecular flexibility index (Phi) is 2.75. The lowest BCUT2D eigenvalue weighted by atomic mass is 10.1. The van der Waals surface area contributed by atoms with Gasteiger partial charge in [-0.15, -0.1) is 12.3 Å². The zero-order valence-electron chi connectivity index (χ0n) is 8.31. The van der Waals surface area contributed by atoms with E-state index in [0.29, 0.717) is 18.6 Å². The Hall–Kier alpha value is -1.72. The van der Waals surface area contributed by atoms with Crippen molar-refractivity contribution in [2.45, 2.75) is 18.9 Å². The Morgan fingerprint density at radius 2 is 2.20 bits per heavy atom. The van der Waals surface area contributed by atoms with Crippen molar-refractivity contribution in [3.05, 3.63) is 36.1 Å². The highest BCUT2D eigenvalue weighted by atomic mass is 16.4. The van der Waals surface area contributed by atoms with E-state index in [9.17, 15) is 5.11 Å². The summed E-state index contributed by atoms with van der Waals surface area (Å²) in [5.74, 6) is 3.09. The van der Waals surface area contributed by atoms with Crippen molar-refractivity contribution in [3.63, 3.8) is 0 Å². The summed E-state index contributed by atoms with van der Waals surface area (Å²) in [6.07, 6.45) is 5.63. The van der Waals surface area contributed by atoms with Crippen molar-refractivity contribution >= 4 is 11.0 Å². The van der Waals surface area contributed by atoms with Crippen LogP contribution >= 0.6 is 0 Å². The molecule has 0 aliphatic heterocycles. The molecule has 1 aromatic carbocycles. The summed E-state index contributed by atoms with van der Waals surface area (Å²) in [5, 5.41) is 10.8. The first-order valence-corrected chi connectivity index (χ1v) is 4.91. The second-order valence-electron chi connectivity index (χ2n) is 3.45. The molecule has 0 radical (unpaired) electrons. The number of fused-ring (bicyclic) bond motifs is 1. The van der Waals surface area contributed by atoms with Crippen LogP contribution in [0.3, 0.4) is 0 Å². The van der Waals surface area contributed by atoms with Crippen LogP contribution in [0.1, 0.15) is 24.7 Å². The van der Waals surface area contributed by atoms with Gasteiger partial charge in [-0.1, -0.05) is 18.2 Å². The van der Waals surface area contributed by atoms with E-state index in [0.717, 1.165) is 11.0 Å². The van der Waals surface area contributed by atoms with Crippen LogP contribution in [0.2, 0.25) is 0 Å². The molecule has 0 saturated heterocycles. The summed E-state index contributed by atoms with van der Waals surface area (Å²) < 4.78 is 5.51. The summed E-state index contributed by atoms with van der Waals surface area (Å²) in [7, 11) is 0. The molecule has 2 heteroatoms. The van der Waals surface area contributed by atoms with Gasteiger partial charge in [-0.2, -0.15) is 0 Å². The third-order valence-electron chi connectivity index (χ3n) is 2.34. The van der Waals surface area contributed by atoms with Crippen LogP contribution in [0.5, 0.6) is 0 Å². The average Bonchev–Trinajstić information content (AvgIpc) is 2.69. The molecule has 15 heavy (non-hydrogen) atoms. The van der Waals surface area contributed by atoms with Gasteiger partial charge in [0.2, 0.25) is 0 Å². The predicted molar refractivity (Wildman–Crippen MR) is 59.2 cm³/mol.